The highest BCUT2D eigenvalue weighted by Crippen LogP contribution is 2.27. The summed E-state index contributed by atoms with van der Waals surface area (Å²) in [4.78, 5) is 27.3. The Morgan fingerprint density at radius 2 is 1.91 bits per heavy atom. The van der Waals surface area contributed by atoms with Crippen molar-refractivity contribution in [1.82, 2.24) is 9.47 Å². The van der Waals surface area contributed by atoms with Crippen LogP contribution in [0.3, 0.4) is 0 Å². The van der Waals surface area contributed by atoms with Crippen LogP contribution in [0.4, 0.5) is 5.69 Å². The molecule has 3 aromatic rings. The molecule has 1 N–H and O–H groups in total. The zero-order valence-corrected chi connectivity index (χ0v) is 19.1. The summed E-state index contributed by atoms with van der Waals surface area (Å²) < 4.78 is 7.15. The Labute approximate surface area is 200 Å². The molecular formula is C24H20Cl2N4O3. The molecule has 1 fully saturated rings. The van der Waals surface area contributed by atoms with Gasteiger partial charge in [-0.1, -0.05) is 41.4 Å². The van der Waals surface area contributed by atoms with E-state index >= 15 is 0 Å². The van der Waals surface area contributed by atoms with Gasteiger partial charge in [0.25, 0.3) is 5.91 Å². The van der Waals surface area contributed by atoms with Crippen LogP contribution in [-0.4, -0.2) is 47.6 Å². The predicted octanol–water partition coefficient (Wildman–Crippen LogP) is 4.35. The van der Waals surface area contributed by atoms with Crippen molar-refractivity contribution in [3.8, 4) is 6.07 Å². The number of aromatic nitrogens is 1. The SMILES string of the molecule is N#C/C(=C/c1cn(CC(=O)N2CCOCC2)c2ccccc12)C(=O)Nc1ccc(Cl)cc1Cl. The van der Waals surface area contributed by atoms with Crippen LogP contribution in [0.25, 0.3) is 17.0 Å². The normalized spacial score (nSPS) is 14.2. The molecule has 0 unspecified atom stereocenters. The van der Waals surface area contributed by atoms with Gasteiger partial charge in [-0.3, -0.25) is 9.59 Å². The van der Waals surface area contributed by atoms with Crippen molar-refractivity contribution in [2.75, 3.05) is 31.6 Å². The molecule has 0 atom stereocenters. The summed E-state index contributed by atoms with van der Waals surface area (Å²) in [6, 6.07) is 14.2. The predicted molar refractivity (Wildman–Crippen MR) is 128 cm³/mol. The van der Waals surface area contributed by atoms with Crippen molar-refractivity contribution in [2.24, 2.45) is 0 Å². The lowest BCUT2D eigenvalue weighted by atomic mass is 10.1. The number of hydrogen-bond acceptors (Lipinski definition) is 4. The van der Waals surface area contributed by atoms with E-state index in [0.29, 0.717) is 42.6 Å². The van der Waals surface area contributed by atoms with E-state index in [4.69, 9.17) is 27.9 Å². The molecule has 0 aliphatic carbocycles. The highest BCUT2D eigenvalue weighted by atomic mass is 35.5. The Kier molecular flexibility index (Phi) is 6.99. The molecule has 168 valence electrons. The minimum absolute atomic E-state index is 0.00906. The number of hydrogen-bond donors (Lipinski definition) is 1. The third-order valence-electron chi connectivity index (χ3n) is 5.33. The smallest absolute Gasteiger partial charge is 0.266 e. The number of benzene rings is 2. The summed E-state index contributed by atoms with van der Waals surface area (Å²) in [5.74, 6) is -0.604. The van der Waals surface area contributed by atoms with Crippen molar-refractivity contribution in [3.63, 3.8) is 0 Å². The largest absolute Gasteiger partial charge is 0.378 e. The molecule has 1 aliphatic rings. The standard InChI is InChI=1S/C24H20Cl2N4O3/c25-18-5-6-21(20(26)12-18)28-24(32)16(13-27)11-17-14-30(22-4-2-1-3-19(17)22)15-23(31)29-7-9-33-10-8-29/h1-6,11-12,14H,7-10,15H2,(H,28,32)/b16-11-. The second-order valence-corrected chi connectivity index (χ2v) is 8.31. The van der Waals surface area contributed by atoms with E-state index in [1.54, 1.807) is 23.2 Å². The number of carbonyl (C=O) groups is 2. The average Bonchev–Trinajstić information content (AvgIpc) is 3.17. The summed E-state index contributed by atoms with van der Waals surface area (Å²) in [6.45, 7) is 2.35. The lowest BCUT2D eigenvalue weighted by Crippen LogP contribution is -2.42. The fourth-order valence-corrected chi connectivity index (χ4v) is 4.12. The van der Waals surface area contributed by atoms with Crippen LogP contribution in [0.2, 0.25) is 10.0 Å². The zero-order chi connectivity index (χ0) is 23.4. The number of rotatable bonds is 5. The minimum atomic E-state index is -0.594. The molecule has 4 rings (SSSR count). The summed E-state index contributed by atoms with van der Waals surface area (Å²) in [6.07, 6.45) is 3.29. The van der Waals surface area contributed by atoms with E-state index in [9.17, 15) is 14.9 Å². The number of nitrogens with one attached hydrogen (secondary N) is 1. The third kappa shape index (κ3) is 5.20. The topological polar surface area (TPSA) is 87.4 Å². The fraction of sp³-hybridized carbons (Fsp3) is 0.208. The van der Waals surface area contributed by atoms with Gasteiger partial charge in [0.1, 0.15) is 18.2 Å². The van der Waals surface area contributed by atoms with Gasteiger partial charge in [-0.15, -0.1) is 0 Å². The van der Waals surface area contributed by atoms with Gasteiger partial charge in [0.2, 0.25) is 5.91 Å². The van der Waals surface area contributed by atoms with Crippen LogP contribution < -0.4 is 5.32 Å². The van der Waals surface area contributed by atoms with Crippen molar-refractivity contribution >= 4 is 57.7 Å². The van der Waals surface area contributed by atoms with Gasteiger partial charge in [-0.05, 0) is 30.3 Å². The number of para-hydroxylation sites is 1. The van der Waals surface area contributed by atoms with E-state index in [1.807, 2.05) is 34.9 Å². The maximum atomic E-state index is 12.8. The number of nitriles is 1. The summed E-state index contributed by atoms with van der Waals surface area (Å²) in [5.41, 5.74) is 1.76. The summed E-state index contributed by atoms with van der Waals surface area (Å²) in [5, 5.41) is 13.8. The van der Waals surface area contributed by atoms with Gasteiger partial charge in [0.15, 0.2) is 0 Å². The maximum Gasteiger partial charge on any atom is 0.266 e. The number of nitrogens with zero attached hydrogens (tertiary/aromatic N) is 3. The summed E-state index contributed by atoms with van der Waals surface area (Å²) >= 11 is 12.0. The Morgan fingerprint density at radius 3 is 2.64 bits per heavy atom. The molecule has 2 aromatic carbocycles. The Balaban J connectivity index is 1.62. The second-order valence-electron chi connectivity index (χ2n) is 7.47. The Bertz CT molecular complexity index is 1290. The van der Waals surface area contributed by atoms with Crippen molar-refractivity contribution in [2.45, 2.75) is 6.54 Å². The first-order valence-electron chi connectivity index (χ1n) is 10.3. The van der Waals surface area contributed by atoms with Crippen LogP contribution in [-0.2, 0) is 20.9 Å². The van der Waals surface area contributed by atoms with Crippen molar-refractivity contribution in [1.29, 1.82) is 5.26 Å². The highest BCUT2D eigenvalue weighted by molar-refractivity contribution is 6.37. The van der Waals surface area contributed by atoms with E-state index in [0.717, 1.165) is 10.9 Å². The van der Waals surface area contributed by atoms with Gasteiger partial charge in [-0.2, -0.15) is 5.26 Å². The van der Waals surface area contributed by atoms with Crippen LogP contribution in [0.1, 0.15) is 5.56 Å². The lowest BCUT2D eigenvalue weighted by Gasteiger charge is -2.27. The molecule has 9 heteroatoms. The second kappa shape index (κ2) is 10.1. The van der Waals surface area contributed by atoms with Gasteiger partial charge >= 0.3 is 0 Å². The van der Waals surface area contributed by atoms with Crippen molar-refractivity contribution < 1.29 is 14.3 Å². The zero-order valence-electron chi connectivity index (χ0n) is 17.6. The van der Waals surface area contributed by atoms with Gasteiger partial charge in [-0.25, -0.2) is 0 Å². The van der Waals surface area contributed by atoms with Gasteiger partial charge in [0.05, 0.1) is 23.9 Å². The molecule has 2 heterocycles. The van der Waals surface area contributed by atoms with E-state index in [2.05, 4.69) is 5.32 Å². The van der Waals surface area contributed by atoms with Crippen LogP contribution in [0.5, 0.6) is 0 Å². The third-order valence-corrected chi connectivity index (χ3v) is 5.88. The quantitative estimate of drug-likeness (QED) is 0.432. The molecular weight excluding hydrogens is 463 g/mol. The number of ether oxygens (including phenoxy) is 1. The molecule has 1 saturated heterocycles. The van der Waals surface area contributed by atoms with Crippen LogP contribution in [0, 0.1) is 11.3 Å². The number of anilines is 1. The van der Waals surface area contributed by atoms with Crippen LogP contribution >= 0.6 is 23.2 Å². The molecule has 33 heavy (non-hydrogen) atoms. The Morgan fingerprint density at radius 1 is 1.15 bits per heavy atom. The van der Waals surface area contributed by atoms with Gasteiger partial charge < -0.3 is 19.5 Å². The van der Waals surface area contributed by atoms with Gasteiger partial charge in [0, 0.05) is 40.8 Å². The minimum Gasteiger partial charge on any atom is -0.378 e. The number of halogens is 2. The van der Waals surface area contributed by atoms with E-state index in [1.165, 1.54) is 12.1 Å². The average molecular weight is 483 g/mol. The molecule has 0 bridgehead atoms. The first kappa shape index (κ1) is 22.9. The maximum absolute atomic E-state index is 12.8. The lowest BCUT2D eigenvalue weighted by molar-refractivity contribution is -0.135. The number of fused-ring (bicyclic) bond motifs is 1. The summed E-state index contributed by atoms with van der Waals surface area (Å²) in [7, 11) is 0. The van der Waals surface area contributed by atoms with Crippen molar-refractivity contribution in [3.05, 3.63) is 69.8 Å². The fourth-order valence-electron chi connectivity index (χ4n) is 3.66. The van der Waals surface area contributed by atoms with E-state index < -0.39 is 5.91 Å². The molecule has 7 nitrogen and oxygen atoms in total. The Hall–Kier alpha value is -3.31. The first-order chi connectivity index (χ1) is 16.0. The molecule has 2 amide bonds. The molecule has 0 spiro atoms. The molecule has 0 radical (unpaired) electrons. The van der Waals surface area contributed by atoms with E-state index in [-0.39, 0.29) is 23.0 Å². The number of carbonyl (C=O) groups excluding carboxylic acids is 2. The molecule has 1 aromatic heterocycles. The highest BCUT2D eigenvalue weighted by Gasteiger charge is 2.19. The monoisotopic (exact) mass is 482 g/mol. The molecule has 1 aliphatic heterocycles. The number of morpholine rings is 1. The van der Waals surface area contributed by atoms with Crippen LogP contribution in [0.15, 0.2) is 54.2 Å². The first-order valence-corrected chi connectivity index (χ1v) is 11.0. The molecule has 0 saturated carbocycles. The number of amides is 2.